The van der Waals surface area contributed by atoms with Gasteiger partial charge in [-0.3, -0.25) is 19.7 Å². The summed E-state index contributed by atoms with van der Waals surface area (Å²) < 4.78 is 0. The number of amides is 1. The molecule has 0 bridgehead atoms. The Morgan fingerprint density at radius 3 is 2.65 bits per heavy atom. The first-order valence-electron chi connectivity index (χ1n) is 7.03. The lowest BCUT2D eigenvalue weighted by molar-refractivity contribution is -0.384. The van der Waals surface area contributed by atoms with E-state index in [0.29, 0.717) is 13.0 Å². The molecule has 2 aromatic carbocycles. The van der Waals surface area contributed by atoms with E-state index in [1.54, 1.807) is 0 Å². The van der Waals surface area contributed by atoms with E-state index < -0.39 is 10.8 Å². The number of nitro benzene ring substituents is 1. The van der Waals surface area contributed by atoms with Gasteiger partial charge in [-0.1, -0.05) is 41.9 Å². The average Bonchev–Trinajstić information content (AvgIpc) is 3.04. The van der Waals surface area contributed by atoms with E-state index in [4.69, 9.17) is 16.4 Å². The van der Waals surface area contributed by atoms with E-state index in [1.807, 2.05) is 30.3 Å². The molecule has 0 radical (unpaired) electrons. The summed E-state index contributed by atoms with van der Waals surface area (Å²) in [6, 6.07) is 13.1. The molecule has 1 saturated heterocycles. The highest BCUT2D eigenvalue weighted by Gasteiger charge is 2.33. The van der Waals surface area contributed by atoms with Crippen LogP contribution in [0.4, 0.5) is 5.69 Å². The van der Waals surface area contributed by atoms with Gasteiger partial charge in [-0.15, -0.1) is 0 Å². The predicted molar refractivity (Wildman–Crippen MR) is 84.0 cm³/mol. The second-order valence-electron chi connectivity index (χ2n) is 5.10. The Morgan fingerprint density at radius 2 is 2.00 bits per heavy atom. The SMILES string of the molecule is O=C(c1ccc([N+](=O)[O-])cc1Cl)N1OCCC1c1ccccc1. The molecule has 0 aromatic heterocycles. The van der Waals surface area contributed by atoms with Crippen molar-refractivity contribution in [1.82, 2.24) is 5.06 Å². The van der Waals surface area contributed by atoms with Gasteiger partial charge in [0.1, 0.15) is 0 Å². The van der Waals surface area contributed by atoms with E-state index >= 15 is 0 Å². The molecule has 1 fully saturated rings. The van der Waals surface area contributed by atoms with Gasteiger partial charge in [-0.05, 0) is 11.6 Å². The van der Waals surface area contributed by atoms with Crippen molar-refractivity contribution in [2.75, 3.05) is 6.61 Å². The Balaban J connectivity index is 1.89. The van der Waals surface area contributed by atoms with Crippen molar-refractivity contribution >= 4 is 23.2 Å². The van der Waals surface area contributed by atoms with Crippen LogP contribution in [0.3, 0.4) is 0 Å². The summed E-state index contributed by atoms with van der Waals surface area (Å²) in [7, 11) is 0. The van der Waals surface area contributed by atoms with Gasteiger partial charge in [0.2, 0.25) is 0 Å². The molecule has 7 heteroatoms. The van der Waals surface area contributed by atoms with Gasteiger partial charge >= 0.3 is 0 Å². The number of hydrogen-bond acceptors (Lipinski definition) is 4. The maximum atomic E-state index is 12.7. The molecule has 1 heterocycles. The highest BCUT2D eigenvalue weighted by Crippen LogP contribution is 2.33. The van der Waals surface area contributed by atoms with Gasteiger partial charge in [-0.2, -0.15) is 0 Å². The molecular weight excluding hydrogens is 320 g/mol. The van der Waals surface area contributed by atoms with Crippen LogP contribution in [0.2, 0.25) is 5.02 Å². The number of nitro groups is 1. The number of non-ortho nitro benzene ring substituents is 1. The second-order valence-corrected chi connectivity index (χ2v) is 5.51. The number of halogens is 1. The van der Waals surface area contributed by atoms with Gasteiger partial charge < -0.3 is 0 Å². The van der Waals surface area contributed by atoms with Crippen LogP contribution in [0.5, 0.6) is 0 Å². The number of rotatable bonds is 3. The summed E-state index contributed by atoms with van der Waals surface area (Å²) in [6.07, 6.45) is 0.681. The number of hydrogen-bond donors (Lipinski definition) is 0. The molecule has 2 aromatic rings. The van der Waals surface area contributed by atoms with E-state index in [9.17, 15) is 14.9 Å². The van der Waals surface area contributed by atoms with Crippen LogP contribution in [-0.2, 0) is 4.84 Å². The number of benzene rings is 2. The van der Waals surface area contributed by atoms with Crippen molar-refractivity contribution in [2.45, 2.75) is 12.5 Å². The summed E-state index contributed by atoms with van der Waals surface area (Å²) in [5.74, 6) is -0.406. The van der Waals surface area contributed by atoms with Gasteiger partial charge in [0.25, 0.3) is 11.6 Å². The first-order valence-corrected chi connectivity index (χ1v) is 7.41. The molecule has 23 heavy (non-hydrogen) atoms. The average molecular weight is 333 g/mol. The first kappa shape index (κ1) is 15.5. The first-order chi connectivity index (χ1) is 11.1. The monoisotopic (exact) mass is 332 g/mol. The molecule has 1 unspecified atom stereocenters. The van der Waals surface area contributed by atoms with Crippen LogP contribution >= 0.6 is 11.6 Å². The zero-order valence-corrected chi connectivity index (χ0v) is 12.8. The molecule has 0 spiro atoms. The summed E-state index contributed by atoms with van der Waals surface area (Å²) in [5, 5.41) is 12.1. The molecular formula is C16H13ClN2O4. The molecule has 1 amide bonds. The summed E-state index contributed by atoms with van der Waals surface area (Å²) in [5.41, 5.74) is 0.991. The van der Waals surface area contributed by atoms with Crippen LogP contribution in [0.25, 0.3) is 0 Å². The van der Waals surface area contributed by atoms with Gasteiger partial charge in [-0.25, -0.2) is 5.06 Å². The quantitative estimate of drug-likeness (QED) is 0.633. The predicted octanol–water partition coefficient (Wildman–Crippen LogP) is 3.77. The fourth-order valence-corrected chi connectivity index (χ4v) is 2.81. The van der Waals surface area contributed by atoms with Crippen molar-refractivity contribution in [3.63, 3.8) is 0 Å². The van der Waals surface area contributed by atoms with Crippen molar-refractivity contribution in [3.8, 4) is 0 Å². The maximum Gasteiger partial charge on any atom is 0.279 e. The number of nitrogens with zero attached hydrogens (tertiary/aromatic N) is 2. The second kappa shape index (κ2) is 6.36. The van der Waals surface area contributed by atoms with Gasteiger partial charge in [0, 0.05) is 18.6 Å². The third kappa shape index (κ3) is 3.04. The van der Waals surface area contributed by atoms with Gasteiger partial charge in [0.15, 0.2) is 0 Å². The number of carbonyl (C=O) groups excluding carboxylic acids is 1. The molecule has 6 nitrogen and oxygen atoms in total. The van der Waals surface area contributed by atoms with E-state index in [-0.39, 0.29) is 22.3 Å². The lowest BCUT2D eigenvalue weighted by Crippen LogP contribution is -2.29. The molecule has 1 atom stereocenters. The molecule has 1 aliphatic heterocycles. The van der Waals surface area contributed by atoms with Crippen molar-refractivity contribution < 1.29 is 14.6 Å². The molecule has 0 saturated carbocycles. The van der Waals surface area contributed by atoms with Crippen LogP contribution in [0.1, 0.15) is 28.4 Å². The molecule has 3 rings (SSSR count). The third-order valence-corrected chi connectivity index (χ3v) is 4.00. The topological polar surface area (TPSA) is 72.7 Å². The van der Waals surface area contributed by atoms with Crippen LogP contribution < -0.4 is 0 Å². The summed E-state index contributed by atoms with van der Waals surface area (Å²) in [4.78, 5) is 28.3. The fraction of sp³-hybridized carbons (Fsp3) is 0.188. The smallest absolute Gasteiger partial charge is 0.270 e. The minimum Gasteiger partial charge on any atom is -0.270 e. The lowest BCUT2D eigenvalue weighted by atomic mass is 10.0. The minimum atomic E-state index is -0.556. The molecule has 1 aliphatic rings. The normalized spacial score (nSPS) is 17.3. The summed E-state index contributed by atoms with van der Waals surface area (Å²) >= 11 is 6.03. The summed E-state index contributed by atoms with van der Waals surface area (Å²) in [6.45, 7) is 0.426. The zero-order chi connectivity index (χ0) is 16.4. The Labute approximate surface area is 137 Å². The maximum absolute atomic E-state index is 12.7. The largest absolute Gasteiger partial charge is 0.279 e. The van der Waals surface area contributed by atoms with Crippen molar-refractivity contribution in [1.29, 1.82) is 0 Å². The minimum absolute atomic E-state index is 0.0338. The number of hydroxylamine groups is 2. The Hall–Kier alpha value is -2.44. The Morgan fingerprint density at radius 1 is 1.26 bits per heavy atom. The van der Waals surface area contributed by atoms with Crippen molar-refractivity contribution in [2.24, 2.45) is 0 Å². The number of carbonyl (C=O) groups is 1. The van der Waals surface area contributed by atoms with E-state index in [1.165, 1.54) is 23.3 Å². The van der Waals surface area contributed by atoms with Crippen molar-refractivity contribution in [3.05, 3.63) is 74.8 Å². The molecule has 0 N–H and O–H groups in total. The zero-order valence-electron chi connectivity index (χ0n) is 12.0. The lowest BCUT2D eigenvalue weighted by Gasteiger charge is -2.23. The highest BCUT2D eigenvalue weighted by molar-refractivity contribution is 6.34. The van der Waals surface area contributed by atoms with Crippen LogP contribution in [0, 0.1) is 10.1 Å². The third-order valence-electron chi connectivity index (χ3n) is 3.68. The van der Waals surface area contributed by atoms with Crippen LogP contribution in [0.15, 0.2) is 48.5 Å². The molecule has 0 aliphatic carbocycles. The standard InChI is InChI=1S/C16H13ClN2O4/c17-14-10-12(19(21)22)6-7-13(14)16(20)18-15(8-9-23-18)11-4-2-1-3-5-11/h1-7,10,15H,8-9H2. The van der Waals surface area contributed by atoms with Crippen LogP contribution in [-0.4, -0.2) is 22.5 Å². The Bertz CT molecular complexity index is 751. The Kier molecular flexibility index (Phi) is 4.27. The highest BCUT2D eigenvalue weighted by atomic mass is 35.5. The molecule has 118 valence electrons. The fourth-order valence-electron chi connectivity index (χ4n) is 2.56. The van der Waals surface area contributed by atoms with E-state index in [0.717, 1.165) is 5.56 Å². The van der Waals surface area contributed by atoms with E-state index in [2.05, 4.69) is 0 Å². The van der Waals surface area contributed by atoms with Gasteiger partial charge in [0.05, 0.1) is 28.2 Å².